The second-order valence-electron chi connectivity index (χ2n) is 6.69. The minimum atomic E-state index is 0.240. The van der Waals surface area contributed by atoms with Gasteiger partial charge >= 0.3 is 0 Å². The molecule has 26 heavy (non-hydrogen) atoms. The quantitative estimate of drug-likeness (QED) is 0.696. The van der Waals surface area contributed by atoms with Crippen LogP contribution < -0.4 is 0 Å². The molecule has 3 aromatic heterocycles. The van der Waals surface area contributed by atoms with Crippen LogP contribution in [0.15, 0.2) is 54.4 Å². The summed E-state index contributed by atoms with van der Waals surface area (Å²) >= 11 is 1.65. The molecule has 1 fully saturated rings. The predicted molar refractivity (Wildman–Crippen MR) is 102 cm³/mol. The molecule has 4 rings (SSSR count). The molecule has 0 aromatic carbocycles. The van der Waals surface area contributed by atoms with Crippen molar-refractivity contribution in [3.8, 4) is 0 Å². The molecular weight excluding hydrogens is 344 g/mol. The zero-order valence-electron chi connectivity index (χ0n) is 14.6. The molecule has 0 bridgehead atoms. The van der Waals surface area contributed by atoms with Gasteiger partial charge in [-0.3, -0.25) is 9.78 Å². The number of piperidine rings is 1. The Hall–Kier alpha value is -2.47. The highest BCUT2D eigenvalue weighted by atomic mass is 32.1. The third-order valence-corrected chi connectivity index (χ3v) is 5.82. The van der Waals surface area contributed by atoms with E-state index in [0.29, 0.717) is 12.3 Å². The fourth-order valence-corrected chi connectivity index (χ4v) is 4.26. The van der Waals surface area contributed by atoms with E-state index >= 15 is 0 Å². The van der Waals surface area contributed by atoms with E-state index in [9.17, 15) is 4.79 Å². The Morgan fingerprint density at radius 2 is 2.08 bits per heavy atom. The first-order chi connectivity index (χ1) is 12.8. The van der Waals surface area contributed by atoms with Crippen LogP contribution in [-0.2, 0) is 17.8 Å². The Labute approximate surface area is 157 Å². The summed E-state index contributed by atoms with van der Waals surface area (Å²) in [5.41, 5.74) is 1.18. The number of pyridine rings is 1. The van der Waals surface area contributed by atoms with Gasteiger partial charge in [0.15, 0.2) is 0 Å². The molecule has 6 heteroatoms. The third kappa shape index (κ3) is 3.85. The fraction of sp³-hybridized carbons (Fsp3) is 0.350. The number of rotatable bonds is 5. The number of hydrogen-bond acceptors (Lipinski definition) is 4. The minimum absolute atomic E-state index is 0.240. The molecule has 0 spiro atoms. The standard InChI is InChI=1S/C20H22N4OS/c25-19(13-18-4-2-12-26-18)23-9-5-17(6-10-23)20-22-8-11-24(20)15-16-3-1-7-21-14-16/h1-4,7-8,11-12,14,17H,5-6,9-10,13,15H2. The van der Waals surface area contributed by atoms with E-state index in [1.165, 1.54) is 5.56 Å². The second kappa shape index (κ2) is 7.83. The van der Waals surface area contributed by atoms with Gasteiger partial charge < -0.3 is 9.47 Å². The van der Waals surface area contributed by atoms with Crippen molar-refractivity contribution in [3.05, 3.63) is 70.7 Å². The lowest BCUT2D eigenvalue weighted by Gasteiger charge is -2.32. The van der Waals surface area contributed by atoms with E-state index < -0.39 is 0 Å². The van der Waals surface area contributed by atoms with Crippen molar-refractivity contribution in [2.24, 2.45) is 0 Å². The lowest BCUT2D eigenvalue weighted by Crippen LogP contribution is -2.39. The molecule has 3 aromatic rings. The molecule has 0 saturated carbocycles. The van der Waals surface area contributed by atoms with Gasteiger partial charge in [-0.25, -0.2) is 4.98 Å². The van der Waals surface area contributed by atoms with Gasteiger partial charge in [-0.2, -0.15) is 0 Å². The monoisotopic (exact) mass is 366 g/mol. The van der Waals surface area contributed by atoms with Crippen LogP contribution in [0.3, 0.4) is 0 Å². The summed E-state index contributed by atoms with van der Waals surface area (Å²) in [6.45, 7) is 2.42. The van der Waals surface area contributed by atoms with Crippen LogP contribution in [0.1, 0.15) is 35.0 Å². The van der Waals surface area contributed by atoms with Gasteiger partial charge in [0.2, 0.25) is 5.91 Å². The maximum atomic E-state index is 12.5. The third-order valence-electron chi connectivity index (χ3n) is 4.94. The Bertz CT molecular complexity index is 836. The summed E-state index contributed by atoms with van der Waals surface area (Å²) < 4.78 is 2.21. The number of amides is 1. The molecule has 0 atom stereocenters. The molecular formula is C20H22N4OS. The summed E-state index contributed by atoms with van der Waals surface area (Å²) in [5.74, 6) is 1.77. The summed E-state index contributed by atoms with van der Waals surface area (Å²) in [4.78, 5) is 24.4. The first kappa shape index (κ1) is 17.0. The van der Waals surface area contributed by atoms with Crippen molar-refractivity contribution in [2.75, 3.05) is 13.1 Å². The summed E-state index contributed by atoms with van der Waals surface area (Å²) in [6.07, 6.45) is 10.1. The number of imidazole rings is 1. The zero-order chi connectivity index (χ0) is 17.8. The first-order valence-electron chi connectivity index (χ1n) is 8.99. The van der Waals surface area contributed by atoms with Crippen LogP contribution in [0.25, 0.3) is 0 Å². The van der Waals surface area contributed by atoms with Crippen molar-refractivity contribution in [1.29, 1.82) is 0 Å². The number of aromatic nitrogens is 3. The molecule has 1 amide bonds. The van der Waals surface area contributed by atoms with Gasteiger partial charge in [0, 0.05) is 48.7 Å². The largest absolute Gasteiger partial charge is 0.342 e. The maximum Gasteiger partial charge on any atom is 0.227 e. The van der Waals surface area contributed by atoms with E-state index in [0.717, 1.165) is 43.2 Å². The Morgan fingerprint density at radius 1 is 1.19 bits per heavy atom. The van der Waals surface area contributed by atoms with Gasteiger partial charge in [-0.15, -0.1) is 11.3 Å². The lowest BCUT2D eigenvalue weighted by atomic mass is 9.95. The minimum Gasteiger partial charge on any atom is -0.342 e. The number of likely N-dealkylation sites (tertiary alicyclic amines) is 1. The normalized spacial score (nSPS) is 15.3. The van der Waals surface area contributed by atoms with Crippen LogP contribution in [0.5, 0.6) is 0 Å². The van der Waals surface area contributed by atoms with Gasteiger partial charge in [0.05, 0.1) is 13.0 Å². The maximum absolute atomic E-state index is 12.5. The predicted octanol–water partition coefficient (Wildman–Crippen LogP) is 3.34. The van der Waals surface area contributed by atoms with Gasteiger partial charge in [0.25, 0.3) is 0 Å². The zero-order valence-corrected chi connectivity index (χ0v) is 15.4. The van der Waals surface area contributed by atoms with Gasteiger partial charge in [0.1, 0.15) is 5.82 Å². The van der Waals surface area contributed by atoms with Crippen molar-refractivity contribution in [1.82, 2.24) is 19.4 Å². The van der Waals surface area contributed by atoms with Gasteiger partial charge in [-0.1, -0.05) is 12.1 Å². The second-order valence-corrected chi connectivity index (χ2v) is 7.72. The van der Waals surface area contributed by atoms with Crippen LogP contribution in [0.2, 0.25) is 0 Å². The molecule has 0 N–H and O–H groups in total. The van der Waals surface area contributed by atoms with E-state index in [4.69, 9.17) is 0 Å². The highest BCUT2D eigenvalue weighted by Crippen LogP contribution is 2.28. The van der Waals surface area contributed by atoms with Crippen LogP contribution in [0, 0.1) is 0 Å². The topological polar surface area (TPSA) is 51.0 Å². The molecule has 1 saturated heterocycles. The number of thiophene rings is 1. The number of hydrogen-bond donors (Lipinski definition) is 0. The Kier molecular flexibility index (Phi) is 5.11. The highest BCUT2D eigenvalue weighted by Gasteiger charge is 2.26. The van der Waals surface area contributed by atoms with Crippen molar-refractivity contribution >= 4 is 17.2 Å². The van der Waals surface area contributed by atoms with Gasteiger partial charge in [-0.05, 0) is 35.9 Å². The van der Waals surface area contributed by atoms with E-state index in [-0.39, 0.29) is 5.91 Å². The Morgan fingerprint density at radius 3 is 2.81 bits per heavy atom. The number of carbonyl (C=O) groups is 1. The molecule has 4 heterocycles. The van der Waals surface area contributed by atoms with Crippen LogP contribution in [-0.4, -0.2) is 38.4 Å². The average molecular weight is 366 g/mol. The molecule has 0 unspecified atom stereocenters. The van der Waals surface area contributed by atoms with Crippen molar-refractivity contribution in [2.45, 2.75) is 31.7 Å². The molecule has 1 aliphatic rings. The molecule has 0 radical (unpaired) electrons. The molecule has 5 nitrogen and oxygen atoms in total. The number of carbonyl (C=O) groups excluding carboxylic acids is 1. The smallest absolute Gasteiger partial charge is 0.227 e. The van der Waals surface area contributed by atoms with E-state index in [1.54, 1.807) is 17.5 Å². The average Bonchev–Trinajstić information content (AvgIpc) is 3.35. The summed E-state index contributed by atoms with van der Waals surface area (Å²) in [7, 11) is 0. The molecule has 0 aliphatic carbocycles. The van der Waals surface area contributed by atoms with E-state index in [1.807, 2.05) is 47.1 Å². The number of nitrogens with zero attached hydrogens (tertiary/aromatic N) is 4. The van der Waals surface area contributed by atoms with Crippen LogP contribution in [0.4, 0.5) is 0 Å². The van der Waals surface area contributed by atoms with E-state index in [2.05, 4.69) is 20.6 Å². The molecule has 1 aliphatic heterocycles. The molecule has 134 valence electrons. The van der Waals surface area contributed by atoms with Crippen LogP contribution >= 0.6 is 11.3 Å². The first-order valence-corrected chi connectivity index (χ1v) is 9.87. The highest BCUT2D eigenvalue weighted by molar-refractivity contribution is 7.10. The summed E-state index contributed by atoms with van der Waals surface area (Å²) in [6, 6.07) is 8.08. The SMILES string of the molecule is O=C(Cc1cccs1)N1CCC(c2nccn2Cc2cccnc2)CC1. The van der Waals surface area contributed by atoms with Crippen molar-refractivity contribution in [3.63, 3.8) is 0 Å². The van der Waals surface area contributed by atoms with Crippen molar-refractivity contribution < 1.29 is 4.79 Å². The summed E-state index contributed by atoms with van der Waals surface area (Å²) in [5, 5.41) is 2.02. The Balaban J connectivity index is 1.36. The fourth-order valence-electron chi connectivity index (χ4n) is 3.56. The lowest BCUT2D eigenvalue weighted by molar-refractivity contribution is -0.131.